The third-order valence-electron chi connectivity index (χ3n) is 2.34. The van der Waals surface area contributed by atoms with Crippen LogP contribution in [0.3, 0.4) is 0 Å². The molecule has 0 spiro atoms. The first-order chi connectivity index (χ1) is 7.85. The average Bonchev–Trinajstić information content (AvgIpc) is 2.31. The van der Waals surface area contributed by atoms with Gasteiger partial charge < -0.3 is 0 Å². The van der Waals surface area contributed by atoms with E-state index in [2.05, 4.69) is 30.3 Å². The molecule has 0 aromatic carbocycles. The van der Waals surface area contributed by atoms with Crippen molar-refractivity contribution in [2.45, 2.75) is 46.0 Å². The molecular formula is C14H23NO. The quantitative estimate of drug-likeness (QED) is 0.238. The molecule has 0 saturated carbocycles. The topological polar surface area (TPSA) is 29.4 Å². The van der Waals surface area contributed by atoms with Gasteiger partial charge in [0.05, 0.1) is 0 Å². The van der Waals surface area contributed by atoms with Crippen LogP contribution in [0.25, 0.3) is 0 Å². The van der Waals surface area contributed by atoms with E-state index in [1.807, 2.05) is 19.1 Å². The van der Waals surface area contributed by atoms with Gasteiger partial charge in [-0.25, -0.2) is 0 Å². The molecule has 16 heavy (non-hydrogen) atoms. The first-order valence-electron chi connectivity index (χ1n) is 6.11. The first kappa shape index (κ1) is 14.8. The van der Waals surface area contributed by atoms with E-state index in [-0.39, 0.29) is 6.54 Å². The summed E-state index contributed by atoms with van der Waals surface area (Å²) in [7, 11) is 0. The van der Waals surface area contributed by atoms with Gasteiger partial charge in [-0.2, -0.15) is 4.91 Å². The molecule has 0 N–H and O–H groups in total. The molecule has 0 aliphatic heterocycles. The lowest BCUT2D eigenvalue weighted by molar-refractivity contribution is 0.811. The van der Waals surface area contributed by atoms with Crippen LogP contribution in [0.5, 0.6) is 0 Å². The van der Waals surface area contributed by atoms with E-state index >= 15 is 0 Å². The van der Waals surface area contributed by atoms with Crippen LogP contribution in [0.4, 0.5) is 0 Å². The average molecular weight is 221 g/mol. The van der Waals surface area contributed by atoms with E-state index in [9.17, 15) is 4.91 Å². The summed E-state index contributed by atoms with van der Waals surface area (Å²) in [6, 6.07) is 0. The van der Waals surface area contributed by atoms with Crippen LogP contribution in [0.15, 0.2) is 41.1 Å². The summed E-state index contributed by atoms with van der Waals surface area (Å²) < 4.78 is 0. The van der Waals surface area contributed by atoms with Gasteiger partial charge in [-0.3, -0.25) is 0 Å². The molecule has 0 heterocycles. The minimum absolute atomic E-state index is 0.277. The van der Waals surface area contributed by atoms with Crippen molar-refractivity contribution in [3.8, 4) is 0 Å². The molecule has 90 valence electrons. The van der Waals surface area contributed by atoms with E-state index in [0.29, 0.717) is 0 Å². The molecule has 0 amide bonds. The Morgan fingerprint density at radius 1 is 1.12 bits per heavy atom. The van der Waals surface area contributed by atoms with Crippen LogP contribution in [-0.4, -0.2) is 6.54 Å². The molecule has 2 heteroatoms. The van der Waals surface area contributed by atoms with Gasteiger partial charge in [0.2, 0.25) is 0 Å². The highest BCUT2D eigenvalue weighted by Gasteiger charge is 1.88. The second-order valence-electron chi connectivity index (χ2n) is 3.74. The molecule has 0 atom stereocenters. The van der Waals surface area contributed by atoms with Crippen molar-refractivity contribution in [1.82, 2.24) is 0 Å². The maximum atomic E-state index is 10.1. The Labute approximate surface area is 99.1 Å². The van der Waals surface area contributed by atoms with Gasteiger partial charge >= 0.3 is 0 Å². The summed E-state index contributed by atoms with van der Waals surface area (Å²) in [4.78, 5) is 10.1. The predicted molar refractivity (Wildman–Crippen MR) is 71.5 cm³/mol. The fourth-order valence-electron chi connectivity index (χ4n) is 1.30. The number of nitrogens with zero attached hydrogens (tertiary/aromatic N) is 1. The van der Waals surface area contributed by atoms with Gasteiger partial charge in [0.25, 0.3) is 0 Å². The maximum absolute atomic E-state index is 10.1. The Bertz CT molecular complexity index is 251. The Morgan fingerprint density at radius 2 is 1.81 bits per heavy atom. The highest BCUT2D eigenvalue weighted by molar-refractivity contribution is 5.19. The third-order valence-corrected chi connectivity index (χ3v) is 2.34. The SMILES string of the molecule is C/C=C(/C=C/CC/C=C\CCCC)CN=O. The number of allylic oxidation sites excluding steroid dienone is 4. The van der Waals surface area contributed by atoms with Crippen molar-refractivity contribution < 1.29 is 0 Å². The van der Waals surface area contributed by atoms with Gasteiger partial charge in [0.1, 0.15) is 6.54 Å². The van der Waals surface area contributed by atoms with Gasteiger partial charge in [0.15, 0.2) is 0 Å². The predicted octanol–water partition coefficient (Wildman–Crippen LogP) is 4.78. The van der Waals surface area contributed by atoms with Crippen molar-refractivity contribution in [3.63, 3.8) is 0 Å². The Morgan fingerprint density at radius 3 is 2.44 bits per heavy atom. The summed E-state index contributed by atoms with van der Waals surface area (Å²) in [5.41, 5.74) is 0.991. The number of hydrogen-bond acceptors (Lipinski definition) is 2. The number of hydrogen-bond donors (Lipinski definition) is 0. The lowest BCUT2D eigenvalue weighted by Gasteiger charge is -1.92. The molecule has 2 nitrogen and oxygen atoms in total. The van der Waals surface area contributed by atoms with E-state index < -0.39 is 0 Å². The number of rotatable bonds is 9. The molecular weight excluding hydrogens is 198 g/mol. The lowest BCUT2D eigenvalue weighted by atomic mass is 10.2. The van der Waals surface area contributed by atoms with Crippen LogP contribution < -0.4 is 0 Å². The molecule has 0 aliphatic carbocycles. The second kappa shape index (κ2) is 11.9. The van der Waals surface area contributed by atoms with Crippen molar-refractivity contribution >= 4 is 0 Å². The third kappa shape index (κ3) is 9.38. The normalized spacial score (nSPS) is 12.8. The van der Waals surface area contributed by atoms with Crippen molar-refractivity contribution in [1.29, 1.82) is 0 Å². The fraction of sp³-hybridized carbons (Fsp3) is 0.571. The smallest absolute Gasteiger partial charge is 0.106 e. The van der Waals surface area contributed by atoms with Crippen LogP contribution in [0.2, 0.25) is 0 Å². The van der Waals surface area contributed by atoms with E-state index in [0.717, 1.165) is 18.4 Å². The molecule has 0 rings (SSSR count). The van der Waals surface area contributed by atoms with Crippen molar-refractivity contribution in [2.75, 3.05) is 6.54 Å². The minimum Gasteiger partial charge on any atom is -0.150 e. The Kier molecular flexibility index (Phi) is 11.0. The summed E-state index contributed by atoms with van der Waals surface area (Å²) in [6.07, 6.45) is 16.3. The highest BCUT2D eigenvalue weighted by Crippen LogP contribution is 2.02. The van der Waals surface area contributed by atoms with Crippen LogP contribution in [0, 0.1) is 4.91 Å². The Balaban J connectivity index is 3.60. The number of unbranched alkanes of at least 4 members (excludes halogenated alkanes) is 3. The Hall–Kier alpha value is -1.18. The van der Waals surface area contributed by atoms with Crippen molar-refractivity contribution in [2.24, 2.45) is 5.18 Å². The van der Waals surface area contributed by atoms with Gasteiger partial charge in [-0.1, -0.05) is 55.3 Å². The first-order valence-corrected chi connectivity index (χ1v) is 6.11. The molecule has 0 aromatic heterocycles. The fourth-order valence-corrected chi connectivity index (χ4v) is 1.30. The largest absolute Gasteiger partial charge is 0.150 e. The molecule has 0 radical (unpaired) electrons. The summed E-state index contributed by atoms with van der Waals surface area (Å²) in [5, 5.41) is 2.87. The van der Waals surface area contributed by atoms with Crippen LogP contribution in [-0.2, 0) is 0 Å². The zero-order valence-electron chi connectivity index (χ0n) is 10.5. The van der Waals surface area contributed by atoms with Crippen LogP contribution >= 0.6 is 0 Å². The van der Waals surface area contributed by atoms with E-state index in [1.165, 1.54) is 19.3 Å². The lowest BCUT2D eigenvalue weighted by Crippen LogP contribution is -1.81. The van der Waals surface area contributed by atoms with Crippen LogP contribution in [0.1, 0.15) is 46.0 Å². The van der Waals surface area contributed by atoms with Gasteiger partial charge in [0, 0.05) is 0 Å². The molecule has 0 aliphatic rings. The summed E-state index contributed by atoms with van der Waals surface area (Å²) in [6.45, 7) is 4.41. The maximum Gasteiger partial charge on any atom is 0.106 e. The standard InChI is InChI=1S/C14H23NO/c1-3-5-6-7-8-9-10-11-12-14(4-2)13-15-16/h4,7-8,11-12H,3,5-6,9-10,13H2,1-2H3/b8-7-,12-11+,14-4-. The zero-order chi connectivity index (χ0) is 12.1. The minimum atomic E-state index is 0.277. The van der Waals surface area contributed by atoms with E-state index in [4.69, 9.17) is 0 Å². The molecule has 0 fully saturated rings. The summed E-state index contributed by atoms with van der Waals surface area (Å²) in [5.74, 6) is 0. The zero-order valence-corrected chi connectivity index (χ0v) is 10.5. The summed E-state index contributed by atoms with van der Waals surface area (Å²) >= 11 is 0. The highest BCUT2D eigenvalue weighted by atomic mass is 16.3. The van der Waals surface area contributed by atoms with E-state index in [1.54, 1.807) is 0 Å². The van der Waals surface area contributed by atoms with Gasteiger partial charge in [-0.15, -0.1) is 0 Å². The second-order valence-corrected chi connectivity index (χ2v) is 3.74. The number of nitroso groups, excluding NO2 is 1. The molecule has 0 unspecified atom stereocenters. The monoisotopic (exact) mass is 221 g/mol. The molecule has 0 bridgehead atoms. The van der Waals surface area contributed by atoms with Crippen molar-refractivity contribution in [3.05, 3.63) is 40.9 Å². The van der Waals surface area contributed by atoms with Gasteiger partial charge in [-0.05, 0) is 31.8 Å². The molecule has 0 saturated heterocycles. The molecule has 0 aromatic rings.